The lowest BCUT2D eigenvalue weighted by Gasteiger charge is -2.28. The fourth-order valence-electron chi connectivity index (χ4n) is 3.07. The zero-order valence-electron chi connectivity index (χ0n) is 12.5. The monoisotopic (exact) mass is 335 g/mol. The smallest absolute Gasteiger partial charge is 0.223 e. The third-order valence-electron chi connectivity index (χ3n) is 4.42. The highest BCUT2D eigenvalue weighted by Gasteiger charge is 2.34. The normalized spacial score (nSPS) is 18.8. The van der Waals surface area contributed by atoms with Gasteiger partial charge in [0.05, 0.1) is 6.54 Å². The van der Waals surface area contributed by atoms with Gasteiger partial charge >= 0.3 is 0 Å². The summed E-state index contributed by atoms with van der Waals surface area (Å²) in [5.74, 6) is 0.203. The minimum absolute atomic E-state index is 0.0879. The highest BCUT2D eigenvalue weighted by molar-refractivity contribution is 7.10. The second-order valence-corrected chi connectivity index (χ2v) is 7.63. The molecule has 2 heterocycles. The number of hydrogen-bond donors (Lipinski definition) is 2. The van der Waals surface area contributed by atoms with Gasteiger partial charge < -0.3 is 10.4 Å². The van der Waals surface area contributed by atoms with Crippen LogP contribution in [0, 0.1) is 5.92 Å². The molecule has 0 saturated heterocycles. The van der Waals surface area contributed by atoms with Crippen LogP contribution in [-0.4, -0.2) is 17.6 Å². The van der Waals surface area contributed by atoms with E-state index in [1.165, 1.54) is 17.8 Å². The molecule has 3 nitrogen and oxygen atoms in total. The van der Waals surface area contributed by atoms with Crippen LogP contribution >= 0.6 is 22.7 Å². The summed E-state index contributed by atoms with van der Waals surface area (Å²) in [4.78, 5) is 13.2. The highest BCUT2D eigenvalue weighted by atomic mass is 32.1. The molecule has 2 aromatic rings. The Labute approximate surface area is 139 Å². The second-order valence-electron chi connectivity index (χ2n) is 5.90. The molecule has 1 fully saturated rings. The van der Waals surface area contributed by atoms with Crippen LogP contribution in [0.5, 0.6) is 0 Å². The molecule has 0 bridgehead atoms. The van der Waals surface area contributed by atoms with Crippen molar-refractivity contribution in [2.45, 2.75) is 37.7 Å². The van der Waals surface area contributed by atoms with Crippen LogP contribution in [0.2, 0.25) is 0 Å². The summed E-state index contributed by atoms with van der Waals surface area (Å²) in [6, 6.07) is 5.78. The molecule has 3 rings (SSSR count). The van der Waals surface area contributed by atoms with E-state index in [1.54, 1.807) is 11.3 Å². The van der Waals surface area contributed by atoms with E-state index in [-0.39, 0.29) is 18.4 Å². The molecular weight excluding hydrogens is 314 g/mol. The summed E-state index contributed by atoms with van der Waals surface area (Å²) in [5.41, 5.74) is -0.276. The summed E-state index contributed by atoms with van der Waals surface area (Å²) in [6.07, 6.45) is 5.46. The molecule has 1 aliphatic rings. The van der Waals surface area contributed by atoms with Crippen molar-refractivity contribution in [3.63, 3.8) is 0 Å². The topological polar surface area (TPSA) is 49.3 Å². The Kier molecular flexibility index (Phi) is 4.96. The van der Waals surface area contributed by atoms with Crippen LogP contribution in [0.25, 0.3) is 0 Å². The van der Waals surface area contributed by atoms with Crippen molar-refractivity contribution >= 4 is 28.6 Å². The Balaban J connectivity index is 1.72. The van der Waals surface area contributed by atoms with Gasteiger partial charge in [0.2, 0.25) is 5.91 Å². The average Bonchev–Trinajstić information content (AvgIpc) is 3.26. The first-order chi connectivity index (χ1) is 10.7. The fourth-order valence-corrected chi connectivity index (χ4v) is 4.64. The molecule has 1 atom stereocenters. The van der Waals surface area contributed by atoms with Gasteiger partial charge in [-0.25, -0.2) is 0 Å². The number of hydrogen-bond acceptors (Lipinski definition) is 4. The standard InChI is InChI=1S/C17H21NO2S2/c19-16(13-5-2-1-3-6-13)18-12-17(20,14-8-10-21-11-14)15-7-4-9-22-15/h4,7-11,13,20H,1-3,5-6,12H2,(H,18,19). The van der Waals surface area contributed by atoms with Crippen molar-refractivity contribution in [3.8, 4) is 0 Å². The van der Waals surface area contributed by atoms with Gasteiger partial charge in [0.25, 0.3) is 0 Å². The van der Waals surface area contributed by atoms with Gasteiger partial charge in [-0.15, -0.1) is 11.3 Å². The third-order valence-corrected chi connectivity index (χ3v) is 6.13. The number of thiophene rings is 2. The SMILES string of the molecule is O=C(NCC(O)(c1ccsc1)c1cccs1)C1CCCCC1. The number of carbonyl (C=O) groups is 1. The van der Waals surface area contributed by atoms with Crippen LogP contribution in [-0.2, 0) is 10.4 Å². The van der Waals surface area contributed by atoms with E-state index in [4.69, 9.17) is 0 Å². The Morgan fingerprint density at radius 1 is 1.27 bits per heavy atom. The maximum atomic E-state index is 12.4. The molecule has 2 N–H and O–H groups in total. The number of carbonyl (C=O) groups excluding carboxylic acids is 1. The Morgan fingerprint density at radius 3 is 2.73 bits per heavy atom. The van der Waals surface area contributed by atoms with Crippen molar-refractivity contribution < 1.29 is 9.90 Å². The minimum Gasteiger partial charge on any atom is -0.378 e. The molecule has 118 valence electrons. The summed E-state index contributed by atoms with van der Waals surface area (Å²) >= 11 is 3.08. The molecule has 1 amide bonds. The molecular formula is C17H21NO2S2. The Bertz CT molecular complexity index is 552. The van der Waals surface area contributed by atoms with Crippen LogP contribution < -0.4 is 5.32 Å². The van der Waals surface area contributed by atoms with Gasteiger partial charge in [-0.2, -0.15) is 11.3 Å². The first kappa shape index (κ1) is 15.7. The summed E-state index contributed by atoms with van der Waals surface area (Å²) in [6.45, 7) is 0.236. The first-order valence-electron chi connectivity index (χ1n) is 7.77. The molecule has 0 aliphatic heterocycles. The molecule has 22 heavy (non-hydrogen) atoms. The quantitative estimate of drug-likeness (QED) is 0.874. The maximum Gasteiger partial charge on any atom is 0.223 e. The van der Waals surface area contributed by atoms with Gasteiger partial charge in [0, 0.05) is 16.4 Å². The second kappa shape index (κ2) is 6.94. The fraction of sp³-hybridized carbons (Fsp3) is 0.471. The van der Waals surface area contributed by atoms with E-state index >= 15 is 0 Å². The van der Waals surface area contributed by atoms with Gasteiger partial charge in [0.1, 0.15) is 5.60 Å². The van der Waals surface area contributed by atoms with Crippen molar-refractivity contribution in [2.75, 3.05) is 6.54 Å². The van der Waals surface area contributed by atoms with Crippen LogP contribution in [0.1, 0.15) is 42.5 Å². The van der Waals surface area contributed by atoms with Crippen molar-refractivity contribution in [1.29, 1.82) is 0 Å². The largest absolute Gasteiger partial charge is 0.378 e. The molecule has 0 aromatic carbocycles. The van der Waals surface area contributed by atoms with Crippen molar-refractivity contribution in [3.05, 3.63) is 44.8 Å². The lowest BCUT2D eigenvalue weighted by atomic mass is 9.88. The average molecular weight is 335 g/mol. The highest BCUT2D eigenvalue weighted by Crippen LogP contribution is 2.34. The third kappa shape index (κ3) is 3.26. The predicted molar refractivity (Wildman–Crippen MR) is 91.2 cm³/mol. The molecule has 5 heteroatoms. The molecule has 0 radical (unpaired) electrons. The van der Waals surface area contributed by atoms with Gasteiger partial charge in [-0.3, -0.25) is 4.79 Å². The number of nitrogens with one attached hydrogen (secondary N) is 1. The van der Waals surface area contributed by atoms with E-state index < -0.39 is 5.60 Å². The predicted octanol–water partition coefficient (Wildman–Crippen LogP) is 3.74. The maximum absolute atomic E-state index is 12.4. The lowest BCUT2D eigenvalue weighted by molar-refractivity contribution is -0.126. The zero-order chi connectivity index (χ0) is 15.4. The summed E-state index contributed by atoms with van der Waals surface area (Å²) < 4.78 is 0. The van der Waals surface area contributed by atoms with E-state index in [9.17, 15) is 9.90 Å². The van der Waals surface area contributed by atoms with E-state index in [2.05, 4.69) is 5.32 Å². The number of rotatable bonds is 5. The van der Waals surface area contributed by atoms with Crippen LogP contribution in [0.3, 0.4) is 0 Å². The molecule has 1 unspecified atom stereocenters. The van der Waals surface area contributed by atoms with E-state index in [0.29, 0.717) is 0 Å². The zero-order valence-corrected chi connectivity index (χ0v) is 14.1. The summed E-state index contributed by atoms with van der Waals surface area (Å²) in [5, 5.41) is 20.0. The Hall–Kier alpha value is -1.17. The minimum atomic E-state index is -1.13. The molecule has 0 spiro atoms. The number of aliphatic hydroxyl groups is 1. The van der Waals surface area contributed by atoms with Gasteiger partial charge in [-0.05, 0) is 41.1 Å². The van der Waals surface area contributed by atoms with Crippen LogP contribution in [0.4, 0.5) is 0 Å². The lowest BCUT2D eigenvalue weighted by Crippen LogP contribution is -2.43. The van der Waals surface area contributed by atoms with E-state index in [1.807, 2.05) is 34.3 Å². The first-order valence-corrected chi connectivity index (χ1v) is 9.59. The number of amides is 1. The summed E-state index contributed by atoms with van der Waals surface area (Å²) in [7, 11) is 0. The molecule has 1 aliphatic carbocycles. The van der Waals surface area contributed by atoms with Crippen molar-refractivity contribution in [1.82, 2.24) is 5.32 Å². The molecule has 2 aromatic heterocycles. The van der Waals surface area contributed by atoms with Crippen molar-refractivity contribution in [2.24, 2.45) is 5.92 Å². The Morgan fingerprint density at radius 2 is 2.09 bits per heavy atom. The van der Waals surface area contributed by atoms with Crippen LogP contribution in [0.15, 0.2) is 34.3 Å². The van der Waals surface area contributed by atoms with E-state index in [0.717, 1.165) is 36.1 Å². The molecule has 1 saturated carbocycles. The van der Waals surface area contributed by atoms with Gasteiger partial charge in [0.15, 0.2) is 0 Å². The van der Waals surface area contributed by atoms with Gasteiger partial charge in [-0.1, -0.05) is 25.3 Å².